The third kappa shape index (κ3) is 3.01. The van der Waals surface area contributed by atoms with Crippen molar-refractivity contribution in [1.29, 1.82) is 5.26 Å². The largest absolute Gasteiger partial charge is 0.550 e. The average Bonchev–Trinajstić information content (AvgIpc) is 2.99. The van der Waals surface area contributed by atoms with Crippen molar-refractivity contribution in [3.63, 3.8) is 0 Å². The summed E-state index contributed by atoms with van der Waals surface area (Å²) in [7, 11) is 0. The number of nitriles is 1. The van der Waals surface area contributed by atoms with Gasteiger partial charge in [-0.3, -0.25) is 9.59 Å². The second-order valence-electron chi connectivity index (χ2n) is 10.2. The van der Waals surface area contributed by atoms with Crippen LogP contribution in [0.15, 0.2) is 11.6 Å². The number of carbonyl (C=O) groups excluding carboxylic acids is 3. The molecule has 0 amide bonds. The summed E-state index contributed by atoms with van der Waals surface area (Å²) in [6.07, 6.45) is 7.80. The Balaban J connectivity index is 1.58. The molecule has 6 atom stereocenters. The highest BCUT2D eigenvalue weighted by Gasteiger charge is 2.66. The number of ketones is 1. The third-order valence-electron chi connectivity index (χ3n) is 9.08. The van der Waals surface area contributed by atoms with Gasteiger partial charge in [0.05, 0.1) is 6.42 Å². The Morgan fingerprint density at radius 3 is 2.57 bits per heavy atom. The van der Waals surface area contributed by atoms with Gasteiger partial charge in [0, 0.05) is 24.2 Å². The molecule has 4 aliphatic carbocycles. The summed E-state index contributed by atoms with van der Waals surface area (Å²) in [5.41, 5.74) is -0.254. The van der Waals surface area contributed by atoms with E-state index in [1.165, 1.54) is 5.57 Å². The van der Waals surface area contributed by atoms with Gasteiger partial charge >= 0.3 is 5.97 Å². The number of carboxylic acids is 1. The number of allylic oxidation sites excluding steroid dienone is 1. The van der Waals surface area contributed by atoms with E-state index in [1.54, 1.807) is 0 Å². The quantitative estimate of drug-likeness (QED) is 0.657. The minimum atomic E-state index is -1.29. The van der Waals surface area contributed by atoms with Gasteiger partial charge in [0.25, 0.3) is 0 Å². The molecule has 0 aliphatic heterocycles. The Hall–Kier alpha value is -2.16. The second-order valence-corrected chi connectivity index (χ2v) is 10.2. The normalized spacial score (nSPS) is 42.2. The molecule has 3 saturated carbocycles. The molecule has 0 N–H and O–H groups in total. The Kier molecular flexibility index (Phi) is 5.07. The number of carbonyl (C=O) groups is 3. The number of nitrogens with zero attached hydrogens (tertiary/aromatic N) is 1. The van der Waals surface area contributed by atoms with E-state index in [4.69, 9.17) is 4.74 Å². The standard InChI is InChI=1S/C24H31NO5/c1-22-10-7-16(26)13-15(22)3-4-17-18(22)8-11-23(2)19(17)9-12-24(23,14-25)30-21(29)6-5-20(27)28/h13,17-19H,3-12H2,1-2H3,(H,27,28)/p-1/t17-,18+,19+,22+,23-,24+/m0/s1. The van der Waals surface area contributed by atoms with Crippen LogP contribution in [0.1, 0.15) is 78.1 Å². The van der Waals surface area contributed by atoms with Crippen molar-refractivity contribution in [3.05, 3.63) is 11.6 Å². The zero-order valence-corrected chi connectivity index (χ0v) is 17.9. The third-order valence-corrected chi connectivity index (χ3v) is 9.08. The van der Waals surface area contributed by atoms with Crippen molar-refractivity contribution in [2.75, 3.05) is 0 Å². The zero-order valence-electron chi connectivity index (χ0n) is 17.9. The number of aliphatic carboxylic acids is 1. The summed E-state index contributed by atoms with van der Waals surface area (Å²) in [5, 5.41) is 20.8. The molecule has 0 radical (unpaired) electrons. The van der Waals surface area contributed by atoms with Gasteiger partial charge in [-0.1, -0.05) is 19.4 Å². The van der Waals surface area contributed by atoms with Crippen molar-refractivity contribution in [1.82, 2.24) is 0 Å². The highest BCUT2D eigenvalue weighted by atomic mass is 16.6. The highest BCUT2D eigenvalue weighted by molar-refractivity contribution is 5.91. The summed E-state index contributed by atoms with van der Waals surface area (Å²) in [4.78, 5) is 35.0. The number of rotatable bonds is 4. The Morgan fingerprint density at radius 1 is 1.13 bits per heavy atom. The number of carboxylic acid groups (broad SMARTS) is 1. The summed E-state index contributed by atoms with van der Waals surface area (Å²) in [5.74, 6) is -0.436. The van der Waals surface area contributed by atoms with Gasteiger partial charge in [0.15, 0.2) is 5.78 Å². The maximum absolute atomic E-state index is 12.3. The lowest BCUT2D eigenvalue weighted by atomic mass is 9.46. The maximum Gasteiger partial charge on any atom is 0.307 e. The van der Waals surface area contributed by atoms with E-state index in [1.807, 2.05) is 6.08 Å². The number of hydrogen-bond acceptors (Lipinski definition) is 6. The lowest BCUT2D eigenvalue weighted by Crippen LogP contribution is -2.55. The molecule has 0 aromatic carbocycles. The molecule has 4 aliphatic rings. The molecule has 0 aromatic heterocycles. The van der Waals surface area contributed by atoms with Crippen LogP contribution in [0.25, 0.3) is 0 Å². The van der Waals surface area contributed by atoms with Crippen LogP contribution in [0, 0.1) is 39.9 Å². The van der Waals surface area contributed by atoms with Crippen molar-refractivity contribution >= 4 is 17.7 Å². The number of fused-ring (bicyclic) bond motifs is 5. The molecule has 0 bridgehead atoms. The lowest BCUT2D eigenvalue weighted by molar-refractivity contribution is -0.305. The van der Waals surface area contributed by atoms with Crippen LogP contribution in [0.4, 0.5) is 0 Å². The van der Waals surface area contributed by atoms with E-state index < -0.39 is 29.4 Å². The summed E-state index contributed by atoms with van der Waals surface area (Å²) >= 11 is 0. The van der Waals surface area contributed by atoms with Gasteiger partial charge in [-0.25, -0.2) is 0 Å². The smallest absolute Gasteiger partial charge is 0.307 e. The fraction of sp³-hybridized carbons (Fsp3) is 0.750. The molecule has 6 nitrogen and oxygen atoms in total. The highest BCUT2D eigenvalue weighted by Crippen LogP contribution is 2.68. The van der Waals surface area contributed by atoms with Crippen LogP contribution < -0.4 is 5.11 Å². The van der Waals surface area contributed by atoms with Crippen LogP contribution in [0.2, 0.25) is 0 Å². The van der Waals surface area contributed by atoms with Crippen molar-refractivity contribution in [3.8, 4) is 6.07 Å². The first-order chi connectivity index (χ1) is 14.1. The van der Waals surface area contributed by atoms with E-state index >= 15 is 0 Å². The predicted octanol–water partition coefficient (Wildman–Crippen LogP) is 2.85. The molecule has 162 valence electrons. The van der Waals surface area contributed by atoms with E-state index in [2.05, 4.69) is 19.9 Å². The van der Waals surface area contributed by atoms with E-state index in [-0.39, 0.29) is 17.6 Å². The number of hydrogen-bond donors (Lipinski definition) is 0. The first kappa shape index (κ1) is 21.1. The second kappa shape index (κ2) is 7.21. The van der Waals surface area contributed by atoms with Gasteiger partial charge in [0.1, 0.15) is 6.07 Å². The fourth-order valence-electron chi connectivity index (χ4n) is 7.38. The van der Waals surface area contributed by atoms with Gasteiger partial charge in [-0.05, 0) is 74.2 Å². The van der Waals surface area contributed by atoms with Crippen molar-refractivity contribution in [2.24, 2.45) is 28.6 Å². The van der Waals surface area contributed by atoms with Gasteiger partial charge < -0.3 is 14.6 Å². The number of esters is 1. The monoisotopic (exact) mass is 412 g/mol. The molecule has 0 heterocycles. The molecule has 6 heteroatoms. The summed E-state index contributed by atoms with van der Waals surface area (Å²) in [6.45, 7) is 4.41. The Labute approximate surface area is 177 Å². The van der Waals surface area contributed by atoms with Crippen molar-refractivity contribution in [2.45, 2.75) is 83.7 Å². The average molecular weight is 413 g/mol. The van der Waals surface area contributed by atoms with Crippen LogP contribution in [-0.4, -0.2) is 23.3 Å². The first-order valence-corrected chi connectivity index (χ1v) is 11.2. The lowest BCUT2D eigenvalue weighted by Gasteiger charge is -2.58. The Morgan fingerprint density at radius 2 is 1.87 bits per heavy atom. The van der Waals surface area contributed by atoms with Crippen LogP contribution >= 0.6 is 0 Å². The molecular formula is C24H30NO5-. The molecule has 0 spiro atoms. The predicted molar refractivity (Wildman–Crippen MR) is 105 cm³/mol. The topological polar surface area (TPSA) is 107 Å². The minimum absolute atomic E-state index is 0.0568. The van der Waals surface area contributed by atoms with Gasteiger partial charge in [-0.2, -0.15) is 5.26 Å². The SMILES string of the molecule is C[C@]12CC[C@@H]3[C@H](CCC4=CC(=O)CC[C@]43C)[C@H]1CC[C@]2(C#N)OC(=O)CCC(=O)[O-]. The molecule has 30 heavy (non-hydrogen) atoms. The molecule has 0 saturated heterocycles. The van der Waals surface area contributed by atoms with Crippen LogP contribution in [0.3, 0.4) is 0 Å². The first-order valence-electron chi connectivity index (χ1n) is 11.2. The molecule has 3 fully saturated rings. The van der Waals surface area contributed by atoms with Gasteiger partial charge in [-0.15, -0.1) is 0 Å². The van der Waals surface area contributed by atoms with Crippen LogP contribution in [-0.2, 0) is 19.1 Å². The van der Waals surface area contributed by atoms with Crippen LogP contribution in [0.5, 0.6) is 0 Å². The van der Waals surface area contributed by atoms with E-state index in [0.717, 1.165) is 38.5 Å². The van der Waals surface area contributed by atoms with Crippen molar-refractivity contribution < 1.29 is 24.2 Å². The fourth-order valence-corrected chi connectivity index (χ4v) is 7.38. The van der Waals surface area contributed by atoms with E-state index in [0.29, 0.717) is 30.6 Å². The molecular weight excluding hydrogens is 382 g/mol. The minimum Gasteiger partial charge on any atom is -0.550 e. The summed E-state index contributed by atoms with van der Waals surface area (Å²) < 4.78 is 5.75. The molecule has 0 aromatic rings. The molecule has 0 unspecified atom stereocenters. The summed E-state index contributed by atoms with van der Waals surface area (Å²) in [6, 6.07) is 2.34. The van der Waals surface area contributed by atoms with Gasteiger partial charge in [0.2, 0.25) is 5.60 Å². The Bertz CT molecular complexity index is 856. The maximum atomic E-state index is 12.3. The molecule has 4 rings (SSSR count). The van der Waals surface area contributed by atoms with E-state index in [9.17, 15) is 24.8 Å². The zero-order chi connectivity index (χ0) is 21.7. The number of ether oxygens (including phenoxy) is 1.